The Morgan fingerprint density at radius 1 is 0.964 bits per heavy atom. The van der Waals surface area contributed by atoms with E-state index in [1.165, 1.54) is 11.3 Å². The number of carbonyl (C=O) groups is 1. The van der Waals surface area contributed by atoms with E-state index in [0.717, 1.165) is 28.7 Å². The Balaban J connectivity index is 1.45. The molecule has 4 rings (SSSR count). The Morgan fingerprint density at radius 2 is 1.64 bits per heavy atom. The molecular weight excluding hydrogens is 458 g/mol. The van der Waals surface area contributed by atoms with Crippen molar-refractivity contribution in [2.45, 2.75) is 6.54 Å². The summed E-state index contributed by atoms with van der Waals surface area (Å²) in [5.41, 5.74) is 0.926. The Morgan fingerprint density at radius 3 is 2.32 bits per heavy atom. The standard InChI is InChI=1S/C20H16Cl4N2OS/c21-12-4-5-13-17(10-12)28-19(18(13)24)20(27)26-8-6-25(7-9-26)11-14-15(22)2-1-3-16(14)23/h1-5,10H,6-9,11H2. The van der Waals surface area contributed by atoms with Gasteiger partial charge in [-0.05, 0) is 24.3 Å². The van der Waals surface area contributed by atoms with Gasteiger partial charge in [0.25, 0.3) is 5.91 Å². The highest BCUT2D eigenvalue weighted by Gasteiger charge is 2.26. The van der Waals surface area contributed by atoms with Crippen molar-refractivity contribution in [1.29, 1.82) is 0 Å². The summed E-state index contributed by atoms with van der Waals surface area (Å²) in [5.74, 6) is -0.0299. The zero-order valence-corrected chi connectivity index (χ0v) is 18.6. The third kappa shape index (κ3) is 4.00. The summed E-state index contributed by atoms with van der Waals surface area (Å²) in [6.07, 6.45) is 0. The third-order valence-electron chi connectivity index (χ3n) is 4.89. The summed E-state index contributed by atoms with van der Waals surface area (Å²) in [5, 5.41) is 3.35. The Kier molecular flexibility index (Phi) is 6.07. The molecule has 1 amide bonds. The molecule has 0 unspecified atom stereocenters. The molecule has 8 heteroatoms. The largest absolute Gasteiger partial charge is 0.335 e. The summed E-state index contributed by atoms with van der Waals surface area (Å²) < 4.78 is 0.924. The van der Waals surface area contributed by atoms with Crippen molar-refractivity contribution in [3.05, 3.63) is 66.9 Å². The Bertz CT molecular complexity index is 1020. The normalized spacial score (nSPS) is 15.4. The van der Waals surface area contributed by atoms with Gasteiger partial charge in [-0.3, -0.25) is 9.69 Å². The van der Waals surface area contributed by atoms with Gasteiger partial charge < -0.3 is 4.90 Å². The second kappa shape index (κ2) is 8.39. The van der Waals surface area contributed by atoms with Gasteiger partial charge >= 0.3 is 0 Å². The molecule has 1 saturated heterocycles. The highest BCUT2D eigenvalue weighted by molar-refractivity contribution is 7.21. The minimum Gasteiger partial charge on any atom is -0.335 e. The van der Waals surface area contributed by atoms with Gasteiger partial charge in [0.1, 0.15) is 4.88 Å². The number of benzene rings is 2. The number of amides is 1. The van der Waals surface area contributed by atoms with Crippen molar-refractivity contribution in [2.75, 3.05) is 26.2 Å². The number of nitrogens with zero attached hydrogens (tertiary/aromatic N) is 2. The summed E-state index contributed by atoms with van der Waals surface area (Å²) in [6.45, 7) is 3.43. The van der Waals surface area contributed by atoms with E-state index in [1.807, 2.05) is 35.2 Å². The predicted molar refractivity (Wildman–Crippen MR) is 119 cm³/mol. The second-order valence-electron chi connectivity index (χ2n) is 6.65. The molecule has 28 heavy (non-hydrogen) atoms. The highest BCUT2D eigenvalue weighted by atomic mass is 35.5. The molecule has 1 aliphatic rings. The van der Waals surface area contributed by atoms with Crippen LogP contribution in [0.15, 0.2) is 36.4 Å². The fourth-order valence-corrected chi connectivity index (χ4v) is 5.61. The van der Waals surface area contributed by atoms with Crippen LogP contribution < -0.4 is 0 Å². The first kappa shape index (κ1) is 20.3. The number of hydrogen-bond donors (Lipinski definition) is 0. The minimum atomic E-state index is -0.0299. The van der Waals surface area contributed by atoms with Crippen LogP contribution in [0.4, 0.5) is 0 Å². The second-order valence-corrected chi connectivity index (χ2v) is 9.34. The lowest BCUT2D eigenvalue weighted by molar-refractivity contribution is 0.0633. The first-order valence-electron chi connectivity index (χ1n) is 8.76. The van der Waals surface area contributed by atoms with Gasteiger partial charge in [-0.15, -0.1) is 11.3 Å². The lowest BCUT2D eigenvalue weighted by Crippen LogP contribution is -2.48. The van der Waals surface area contributed by atoms with Crippen LogP contribution in [-0.4, -0.2) is 41.9 Å². The zero-order chi connectivity index (χ0) is 19.8. The summed E-state index contributed by atoms with van der Waals surface area (Å²) in [6, 6.07) is 11.0. The quantitative estimate of drug-likeness (QED) is 0.435. The molecule has 0 saturated carbocycles. The Labute approximate surface area is 187 Å². The maximum atomic E-state index is 13.0. The fourth-order valence-electron chi connectivity index (χ4n) is 3.34. The van der Waals surface area contributed by atoms with Crippen LogP contribution in [0, 0.1) is 0 Å². The van der Waals surface area contributed by atoms with Gasteiger partial charge in [-0.2, -0.15) is 0 Å². The maximum Gasteiger partial charge on any atom is 0.265 e. The SMILES string of the molecule is O=C(c1sc2cc(Cl)ccc2c1Cl)N1CCN(Cc2c(Cl)cccc2Cl)CC1. The van der Waals surface area contributed by atoms with Crippen molar-refractivity contribution < 1.29 is 4.79 Å². The number of halogens is 4. The van der Waals surface area contributed by atoms with Crippen molar-refractivity contribution in [3.8, 4) is 0 Å². The van der Waals surface area contributed by atoms with Gasteiger partial charge in [0.2, 0.25) is 0 Å². The molecule has 0 aliphatic carbocycles. The molecule has 3 aromatic rings. The third-order valence-corrected chi connectivity index (χ3v) is 7.48. The number of rotatable bonds is 3. The Hall–Kier alpha value is -1.01. The van der Waals surface area contributed by atoms with E-state index in [-0.39, 0.29) is 5.91 Å². The topological polar surface area (TPSA) is 23.6 Å². The number of hydrogen-bond acceptors (Lipinski definition) is 3. The first-order valence-corrected chi connectivity index (χ1v) is 11.1. The number of piperazine rings is 1. The molecule has 146 valence electrons. The maximum absolute atomic E-state index is 13.0. The van der Waals surface area contributed by atoms with E-state index in [1.54, 1.807) is 6.07 Å². The zero-order valence-electron chi connectivity index (χ0n) is 14.7. The molecule has 0 bridgehead atoms. The highest BCUT2D eigenvalue weighted by Crippen LogP contribution is 2.37. The van der Waals surface area contributed by atoms with Gasteiger partial charge in [0, 0.05) is 63.4 Å². The molecule has 0 N–H and O–H groups in total. The average Bonchev–Trinajstić information content (AvgIpc) is 3.00. The van der Waals surface area contributed by atoms with Crippen LogP contribution >= 0.6 is 57.7 Å². The minimum absolute atomic E-state index is 0.0299. The van der Waals surface area contributed by atoms with Gasteiger partial charge in [-0.1, -0.05) is 58.5 Å². The summed E-state index contributed by atoms with van der Waals surface area (Å²) in [7, 11) is 0. The van der Waals surface area contributed by atoms with Crippen LogP contribution in [-0.2, 0) is 6.54 Å². The van der Waals surface area contributed by atoms with Gasteiger partial charge in [0.05, 0.1) is 5.02 Å². The van der Waals surface area contributed by atoms with Crippen LogP contribution in [0.5, 0.6) is 0 Å². The van der Waals surface area contributed by atoms with E-state index in [4.69, 9.17) is 46.4 Å². The monoisotopic (exact) mass is 472 g/mol. The average molecular weight is 474 g/mol. The molecule has 1 aliphatic heterocycles. The lowest BCUT2D eigenvalue weighted by Gasteiger charge is -2.34. The summed E-state index contributed by atoms with van der Waals surface area (Å²) >= 11 is 26.5. The first-order chi connectivity index (χ1) is 13.4. The van der Waals surface area contributed by atoms with E-state index in [0.29, 0.717) is 44.6 Å². The van der Waals surface area contributed by atoms with Gasteiger partial charge in [0.15, 0.2) is 0 Å². The van der Waals surface area contributed by atoms with Crippen molar-refractivity contribution in [1.82, 2.24) is 9.80 Å². The molecule has 1 aromatic heterocycles. The van der Waals surface area contributed by atoms with Crippen molar-refractivity contribution >= 4 is 73.7 Å². The molecule has 1 fully saturated rings. The predicted octanol–water partition coefficient (Wildman–Crippen LogP) is 6.47. The molecule has 2 aromatic carbocycles. The number of carbonyl (C=O) groups excluding carboxylic acids is 1. The molecule has 0 atom stereocenters. The molecule has 3 nitrogen and oxygen atoms in total. The molecular formula is C20H16Cl4N2OS. The smallest absolute Gasteiger partial charge is 0.265 e. The number of thiophene rings is 1. The van der Waals surface area contributed by atoms with E-state index in [9.17, 15) is 4.79 Å². The molecule has 2 heterocycles. The van der Waals surface area contributed by atoms with E-state index >= 15 is 0 Å². The number of fused-ring (bicyclic) bond motifs is 1. The van der Waals surface area contributed by atoms with Crippen LogP contribution in [0.3, 0.4) is 0 Å². The van der Waals surface area contributed by atoms with Crippen LogP contribution in [0.2, 0.25) is 20.1 Å². The van der Waals surface area contributed by atoms with Crippen LogP contribution in [0.1, 0.15) is 15.2 Å². The van der Waals surface area contributed by atoms with E-state index in [2.05, 4.69) is 4.90 Å². The molecule has 0 spiro atoms. The molecule has 0 radical (unpaired) electrons. The fraction of sp³-hybridized carbons (Fsp3) is 0.250. The van der Waals surface area contributed by atoms with E-state index < -0.39 is 0 Å². The van der Waals surface area contributed by atoms with Gasteiger partial charge in [-0.25, -0.2) is 0 Å². The van der Waals surface area contributed by atoms with Crippen molar-refractivity contribution in [2.24, 2.45) is 0 Å². The van der Waals surface area contributed by atoms with Crippen LogP contribution in [0.25, 0.3) is 10.1 Å². The van der Waals surface area contributed by atoms with Crippen molar-refractivity contribution in [3.63, 3.8) is 0 Å². The lowest BCUT2D eigenvalue weighted by atomic mass is 10.2. The summed E-state index contributed by atoms with van der Waals surface area (Å²) in [4.78, 5) is 17.7.